The van der Waals surface area contributed by atoms with Crippen LogP contribution in [-0.2, 0) is 4.79 Å². The third kappa shape index (κ3) is 4.61. The average molecular weight is 327 g/mol. The lowest BCUT2D eigenvalue weighted by Gasteiger charge is -2.05. The number of benzene rings is 2. The van der Waals surface area contributed by atoms with Crippen molar-refractivity contribution in [2.75, 3.05) is 11.9 Å². The number of carbonyl (C=O) groups is 2. The molecule has 2 rings (SSSR count). The molecule has 24 heavy (non-hydrogen) atoms. The molecule has 1 amide bonds. The van der Waals surface area contributed by atoms with Crippen molar-refractivity contribution in [3.05, 3.63) is 59.7 Å². The second kappa shape index (κ2) is 7.82. The molecule has 6 nitrogen and oxygen atoms in total. The highest BCUT2D eigenvalue weighted by molar-refractivity contribution is 6.03. The number of hydrogen-bond donors (Lipinski definition) is 3. The summed E-state index contributed by atoms with van der Waals surface area (Å²) in [4.78, 5) is 22.8. The standard InChI is InChI=1S/C18H17NO5/c1-2-24-14-7-3-12(4-8-14)5-10-17(21)19-13-6-9-16(20)15(11-13)18(22)23/h3-11,20H,2H2,1H3,(H,19,21)(H,22,23)/b10-5+. The van der Waals surface area contributed by atoms with E-state index in [4.69, 9.17) is 9.84 Å². The van der Waals surface area contributed by atoms with E-state index in [0.29, 0.717) is 6.61 Å². The van der Waals surface area contributed by atoms with Gasteiger partial charge in [0.25, 0.3) is 0 Å². The van der Waals surface area contributed by atoms with Crippen molar-refractivity contribution in [2.24, 2.45) is 0 Å². The van der Waals surface area contributed by atoms with Crippen molar-refractivity contribution in [3.8, 4) is 11.5 Å². The van der Waals surface area contributed by atoms with Gasteiger partial charge in [0.2, 0.25) is 5.91 Å². The first-order valence-corrected chi connectivity index (χ1v) is 7.28. The van der Waals surface area contributed by atoms with Crippen LogP contribution in [0.1, 0.15) is 22.8 Å². The Bertz CT molecular complexity index is 765. The number of ether oxygens (including phenoxy) is 1. The monoisotopic (exact) mass is 327 g/mol. The van der Waals surface area contributed by atoms with Crippen LogP contribution in [0.5, 0.6) is 11.5 Å². The molecule has 2 aromatic rings. The number of amides is 1. The van der Waals surface area contributed by atoms with Gasteiger partial charge in [-0.15, -0.1) is 0 Å². The van der Waals surface area contributed by atoms with E-state index < -0.39 is 11.9 Å². The van der Waals surface area contributed by atoms with Gasteiger partial charge in [0.1, 0.15) is 17.1 Å². The van der Waals surface area contributed by atoms with Crippen molar-refractivity contribution in [1.29, 1.82) is 0 Å². The summed E-state index contributed by atoms with van der Waals surface area (Å²) < 4.78 is 5.33. The van der Waals surface area contributed by atoms with E-state index in [1.807, 2.05) is 19.1 Å². The minimum absolute atomic E-state index is 0.275. The molecule has 0 fully saturated rings. The Morgan fingerprint density at radius 3 is 2.50 bits per heavy atom. The molecule has 0 unspecified atom stereocenters. The zero-order valence-electron chi connectivity index (χ0n) is 13.0. The van der Waals surface area contributed by atoms with Crippen LogP contribution >= 0.6 is 0 Å². The Kier molecular flexibility index (Phi) is 5.57. The molecule has 6 heteroatoms. The molecule has 0 aliphatic heterocycles. The largest absolute Gasteiger partial charge is 0.507 e. The predicted molar refractivity (Wildman–Crippen MR) is 90.3 cm³/mol. The zero-order valence-corrected chi connectivity index (χ0v) is 13.0. The number of aromatic carboxylic acids is 1. The molecule has 0 spiro atoms. The second-order valence-corrected chi connectivity index (χ2v) is 4.86. The molecule has 0 atom stereocenters. The number of hydrogen-bond acceptors (Lipinski definition) is 4. The Morgan fingerprint density at radius 2 is 1.88 bits per heavy atom. The number of phenols is 1. The fourth-order valence-corrected chi connectivity index (χ4v) is 1.98. The lowest BCUT2D eigenvalue weighted by atomic mass is 10.1. The minimum Gasteiger partial charge on any atom is -0.507 e. The molecule has 0 saturated heterocycles. The first-order valence-electron chi connectivity index (χ1n) is 7.28. The summed E-state index contributed by atoms with van der Waals surface area (Å²) in [6.07, 6.45) is 2.96. The van der Waals surface area contributed by atoms with Crippen LogP contribution in [0.2, 0.25) is 0 Å². The van der Waals surface area contributed by atoms with Gasteiger partial charge in [0, 0.05) is 11.8 Å². The Labute approximate surface area is 139 Å². The molecule has 0 aliphatic carbocycles. The third-order valence-corrected chi connectivity index (χ3v) is 3.11. The quantitative estimate of drug-likeness (QED) is 0.559. The molecule has 0 saturated carbocycles. The van der Waals surface area contributed by atoms with Gasteiger partial charge in [-0.3, -0.25) is 4.79 Å². The summed E-state index contributed by atoms with van der Waals surface area (Å²) in [6.45, 7) is 2.49. The lowest BCUT2D eigenvalue weighted by Crippen LogP contribution is -2.08. The van der Waals surface area contributed by atoms with E-state index in [9.17, 15) is 14.7 Å². The summed E-state index contributed by atoms with van der Waals surface area (Å²) in [7, 11) is 0. The van der Waals surface area contributed by atoms with Gasteiger partial charge >= 0.3 is 5.97 Å². The summed E-state index contributed by atoms with van der Waals surface area (Å²) in [5, 5.41) is 20.9. The van der Waals surface area contributed by atoms with Crippen molar-refractivity contribution in [1.82, 2.24) is 0 Å². The summed E-state index contributed by atoms with van der Waals surface area (Å²) in [5.74, 6) is -1.28. The normalized spacial score (nSPS) is 10.5. The number of carboxylic acid groups (broad SMARTS) is 1. The van der Waals surface area contributed by atoms with Gasteiger partial charge < -0.3 is 20.3 Å². The number of rotatable bonds is 6. The maximum atomic E-state index is 11.9. The van der Waals surface area contributed by atoms with Crippen molar-refractivity contribution in [3.63, 3.8) is 0 Å². The number of nitrogens with one attached hydrogen (secondary N) is 1. The Morgan fingerprint density at radius 1 is 1.17 bits per heavy atom. The molecular formula is C18H17NO5. The summed E-state index contributed by atoms with van der Waals surface area (Å²) in [6, 6.07) is 11.1. The third-order valence-electron chi connectivity index (χ3n) is 3.11. The highest BCUT2D eigenvalue weighted by Crippen LogP contribution is 2.21. The lowest BCUT2D eigenvalue weighted by molar-refractivity contribution is -0.111. The Hall–Kier alpha value is -3.28. The zero-order chi connectivity index (χ0) is 17.5. The molecule has 0 heterocycles. The number of aromatic hydroxyl groups is 1. The van der Waals surface area contributed by atoms with Crippen LogP contribution in [0.4, 0.5) is 5.69 Å². The van der Waals surface area contributed by atoms with E-state index in [1.54, 1.807) is 18.2 Å². The maximum Gasteiger partial charge on any atom is 0.339 e. The summed E-state index contributed by atoms with van der Waals surface area (Å²) in [5.41, 5.74) is 0.834. The number of carbonyl (C=O) groups excluding carboxylic acids is 1. The van der Waals surface area contributed by atoms with Crippen molar-refractivity contribution < 1.29 is 24.5 Å². The van der Waals surface area contributed by atoms with E-state index in [2.05, 4.69) is 5.32 Å². The van der Waals surface area contributed by atoms with Crippen molar-refractivity contribution in [2.45, 2.75) is 6.92 Å². The van der Waals surface area contributed by atoms with E-state index in [0.717, 1.165) is 11.3 Å². The molecule has 0 radical (unpaired) electrons. The SMILES string of the molecule is CCOc1ccc(/C=C/C(=O)Nc2ccc(O)c(C(=O)O)c2)cc1. The van der Waals surface area contributed by atoms with Crippen LogP contribution in [0, 0.1) is 0 Å². The fraction of sp³-hybridized carbons (Fsp3) is 0.111. The molecule has 2 aromatic carbocycles. The second-order valence-electron chi connectivity index (χ2n) is 4.86. The molecule has 3 N–H and O–H groups in total. The topological polar surface area (TPSA) is 95.9 Å². The number of carboxylic acids is 1. The van der Waals surface area contributed by atoms with Crippen LogP contribution in [0.3, 0.4) is 0 Å². The van der Waals surface area contributed by atoms with Crippen LogP contribution in [-0.4, -0.2) is 28.7 Å². The Balaban J connectivity index is 2.02. The van der Waals surface area contributed by atoms with Crippen molar-refractivity contribution >= 4 is 23.6 Å². The van der Waals surface area contributed by atoms with Crippen LogP contribution in [0.25, 0.3) is 6.08 Å². The summed E-state index contributed by atoms with van der Waals surface area (Å²) >= 11 is 0. The first-order chi connectivity index (χ1) is 11.5. The first kappa shape index (κ1) is 17.1. The van der Waals surface area contributed by atoms with Gasteiger partial charge in [-0.1, -0.05) is 12.1 Å². The molecule has 0 bridgehead atoms. The van der Waals surface area contributed by atoms with Gasteiger partial charge in [-0.2, -0.15) is 0 Å². The minimum atomic E-state index is -1.27. The maximum absolute atomic E-state index is 11.9. The van der Waals surface area contributed by atoms with Crippen LogP contribution < -0.4 is 10.1 Å². The fourth-order valence-electron chi connectivity index (χ4n) is 1.98. The van der Waals surface area contributed by atoms with Gasteiger partial charge in [-0.05, 0) is 48.9 Å². The highest BCUT2D eigenvalue weighted by atomic mass is 16.5. The van der Waals surface area contributed by atoms with E-state index in [1.165, 1.54) is 24.3 Å². The molecule has 0 aromatic heterocycles. The van der Waals surface area contributed by atoms with Gasteiger partial charge in [-0.25, -0.2) is 4.79 Å². The van der Waals surface area contributed by atoms with Gasteiger partial charge in [0.05, 0.1) is 6.61 Å². The molecule has 124 valence electrons. The molecule has 0 aliphatic rings. The van der Waals surface area contributed by atoms with Gasteiger partial charge in [0.15, 0.2) is 0 Å². The van der Waals surface area contributed by atoms with Crippen LogP contribution in [0.15, 0.2) is 48.5 Å². The van der Waals surface area contributed by atoms with E-state index in [-0.39, 0.29) is 17.0 Å². The van der Waals surface area contributed by atoms with E-state index >= 15 is 0 Å². The smallest absolute Gasteiger partial charge is 0.339 e. The molecular weight excluding hydrogens is 310 g/mol. The highest BCUT2D eigenvalue weighted by Gasteiger charge is 2.10. The number of anilines is 1. The average Bonchev–Trinajstić information content (AvgIpc) is 2.56. The predicted octanol–water partition coefficient (Wildman–Crippen LogP) is 3.14.